The predicted molar refractivity (Wildman–Crippen MR) is 118 cm³/mol. The van der Waals surface area contributed by atoms with Gasteiger partial charge in [-0.05, 0) is 56.2 Å². The van der Waals surface area contributed by atoms with Crippen LogP contribution in [0.25, 0.3) is 10.2 Å². The maximum atomic E-state index is 12.2. The molecule has 0 saturated carbocycles. The molecule has 1 aromatic carbocycles. The molecule has 0 spiro atoms. The van der Waals surface area contributed by atoms with E-state index in [0.717, 1.165) is 46.5 Å². The highest BCUT2D eigenvalue weighted by Gasteiger charge is 2.22. The fraction of sp³-hybridized carbons (Fsp3) is 0.364. The predicted octanol–water partition coefficient (Wildman–Crippen LogP) is 4.61. The number of carbonyl (C=O) groups is 2. The van der Waals surface area contributed by atoms with E-state index in [9.17, 15) is 14.9 Å². The molecule has 0 aliphatic heterocycles. The fourth-order valence-corrected chi connectivity index (χ4v) is 5.83. The van der Waals surface area contributed by atoms with Crippen molar-refractivity contribution in [2.75, 3.05) is 11.9 Å². The number of nitriles is 1. The van der Waals surface area contributed by atoms with Crippen LogP contribution in [-0.4, -0.2) is 23.5 Å². The first-order chi connectivity index (χ1) is 14.6. The summed E-state index contributed by atoms with van der Waals surface area (Å²) in [6.45, 7) is -0.340. The van der Waals surface area contributed by atoms with E-state index in [0.29, 0.717) is 23.4 Å². The highest BCUT2D eigenvalue weighted by Crippen LogP contribution is 2.37. The van der Waals surface area contributed by atoms with Crippen molar-refractivity contribution in [3.63, 3.8) is 0 Å². The van der Waals surface area contributed by atoms with Gasteiger partial charge in [0.15, 0.2) is 6.61 Å². The number of aryl methyl sites for hydroxylation is 2. The second-order valence-corrected chi connectivity index (χ2v) is 9.38. The van der Waals surface area contributed by atoms with Gasteiger partial charge in [0.25, 0.3) is 5.91 Å². The number of benzene rings is 1. The van der Waals surface area contributed by atoms with Crippen LogP contribution in [0.15, 0.2) is 24.3 Å². The van der Waals surface area contributed by atoms with Gasteiger partial charge in [-0.1, -0.05) is 12.1 Å². The SMILES string of the molecule is N#Cc1c(NC(=O)COC(=O)CCCc2nc3ccccc3s2)sc2c1CCCC2. The van der Waals surface area contributed by atoms with Gasteiger partial charge in [0, 0.05) is 11.3 Å². The first-order valence-electron chi connectivity index (χ1n) is 9.98. The maximum absolute atomic E-state index is 12.2. The third kappa shape index (κ3) is 4.69. The van der Waals surface area contributed by atoms with Gasteiger partial charge in [-0.3, -0.25) is 9.59 Å². The van der Waals surface area contributed by atoms with Crippen molar-refractivity contribution in [1.29, 1.82) is 5.26 Å². The molecule has 0 atom stereocenters. The number of thiophene rings is 1. The zero-order valence-electron chi connectivity index (χ0n) is 16.4. The minimum Gasteiger partial charge on any atom is -0.456 e. The molecule has 1 aliphatic carbocycles. The van der Waals surface area contributed by atoms with Crippen LogP contribution in [0.2, 0.25) is 0 Å². The summed E-state index contributed by atoms with van der Waals surface area (Å²) in [5, 5.41) is 13.8. The molecule has 154 valence electrons. The van der Waals surface area contributed by atoms with Crippen LogP contribution in [0.3, 0.4) is 0 Å². The Morgan fingerprint density at radius 1 is 1.20 bits per heavy atom. The van der Waals surface area contributed by atoms with Crippen LogP contribution in [0.4, 0.5) is 5.00 Å². The lowest BCUT2D eigenvalue weighted by atomic mass is 9.96. The van der Waals surface area contributed by atoms with Gasteiger partial charge in [0.05, 0.1) is 20.8 Å². The summed E-state index contributed by atoms with van der Waals surface area (Å²) in [4.78, 5) is 29.9. The molecule has 8 heteroatoms. The molecule has 6 nitrogen and oxygen atoms in total. The number of esters is 1. The third-order valence-electron chi connectivity index (χ3n) is 5.01. The van der Waals surface area contributed by atoms with E-state index in [1.165, 1.54) is 16.2 Å². The van der Waals surface area contributed by atoms with Crippen molar-refractivity contribution in [2.24, 2.45) is 0 Å². The average molecular weight is 440 g/mol. The smallest absolute Gasteiger partial charge is 0.306 e. The summed E-state index contributed by atoms with van der Waals surface area (Å²) >= 11 is 3.09. The van der Waals surface area contributed by atoms with Crippen LogP contribution in [0.1, 0.15) is 46.7 Å². The van der Waals surface area contributed by atoms with E-state index in [-0.39, 0.29) is 13.0 Å². The normalized spacial score (nSPS) is 12.9. The summed E-state index contributed by atoms with van der Waals surface area (Å²) in [7, 11) is 0. The van der Waals surface area contributed by atoms with Crippen molar-refractivity contribution in [3.8, 4) is 6.07 Å². The number of aromatic nitrogens is 1. The fourth-order valence-electron chi connectivity index (χ4n) is 3.56. The number of para-hydroxylation sites is 1. The average Bonchev–Trinajstić information content (AvgIpc) is 3.32. The first kappa shape index (κ1) is 20.5. The van der Waals surface area contributed by atoms with Crippen LogP contribution in [0, 0.1) is 11.3 Å². The highest BCUT2D eigenvalue weighted by molar-refractivity contribution is 7.18. The molecule has 2 aromatic heterocycles. The molecule has 4 rings (SSSR count). The lowest BCUT2D eigenvalue weighted by molar-refractivity contribution is -0.147. The molecular formula is C22H21N3O3S2. The third-order valence-corrected chi connectivity index (χ3v) is 7.31. The van der Waals surface area contributed by atoms with Gasteiger partial charge in [0.1, 0.15) is 11.1 Å². The number of thiazole rings is 1. The van der Waals surface area contributed by atoms with Crippen LogP contribution in [0.5, 0.6) is 0 Å². The number of rotatable bonds is 7. The second-order valence-electron chi connectivity index (χ2n) is 7.16. The Morgan fingerprint density at radius 3 is 2.87 bits per heavy atom. The van der Waals surface area contributed by atoms with Gasteiger partial charge in [-0.2, -0.15) is 5.26 Å². The Labute approximate surface area is 182 Å². The minimum absolute atomic E-state index is 0.236. The number of nitrogens with one attached hydrogen (secondary N) is 1. The highest BCUT2D eigenvalue weighted by atomic mass is 32.1. The summed E-state index contributed by atoms with van der Waals surface area (Å²) in [5.74, 6) is -0.818. The van der Waals surface area contributed by atoms with E-state index in [1.807, 2.05) is 24.3 Å². The topological polar surface area (TPSA) is 92.1 Å². The molecule has 0 bridgehead atoms. The number of carbonyl (C=O) groups excluding carboxylic acids is 2. The number of nitrogens with zero attached hydrogens (tertiary/aromatic N) is 2. The van der Waals surface area contributed by atoms with Crippen LogP contribution >= 0.6 is 22.7 Å². The van der Waals surface area contributed by atoms with E-state index in [4.69, 9.17) is 4.74 Å². The molecule has 1 amide bonds. The van der Waals surface area contributed by atoms with Crippen molar-refractivity contribution >= 4 is 49.8 Å². The van der Waals surface area contributed by atoms with Crippen molar-refractivity contribution in [1.82, 2.24) is 4.98 Å². The van der Waals surface area contributed by atoms with Gasteiger partial charge < -0.3 is 10.1 Å². The Balaban J connectivity index is 1.22. The summed E-state index contributed by atoms with van der Waals surface area (Å²) < 4.78 is 6.24. The largest absolute Gasteiger partial charge is 0.456 e. The number of fused-ring (bicyclic) bond motifs is 2. The lowest BCUT2D eigenvalue weighted by Gasteiger charge is -2.09. The van der Waals surface area contributed by atoms with E-state index in [1.54, 1.807) is 11.3 Å². The van der Waals surface area contributed by atoms with Crippen LogP contribution in [-0.2, 0) is 33.6 Å². The quantitative estimate of drug-likeness (QED) is 0.543. The monoisotopic (exact) mass is 439 g/mol. The molecule has 0 fully saturated rings. The number of hydrogen-bond donors (Lipinski definition) is 1. The Morgan fingerprint density at radius 2 is 2.03 bits per heavy atom. The number of amides is 1. The summed E-state index contributed by atoms with van der Waals surface area (Å²) in [6.07, 6.45) is 5.58. The molecule has 2 heterocycles. The molecule has 0 saturated heterocycles. The van der Waals surface area contributed by atoms with Crippen molar-refractivity contribution in [2.45, 2.75) is 44.9 Å². The van der Waals surface area contributed by atoms with E-state index < -0.39 is 11.9 Å². The zero-order valence-corrected chi connectivity index (χ0v) is 18.0. The second kappa shape index (κ2) is 9.37. The minimum atomic E-state index is -0.412. The molecule has 30 heavy (non-hydrogen) atoms. The van der Waals surface area contributed by atoms with Gasteiger partial charge in [-0.25, -0.2) is 4.98 Å². The zero-order chi connectivity index (χ0) is 20.9. The van der Waals surface area contributed by atoms with Crippen molar-refractivity contribution < 1.29 is 14.3 Å². The molecule has 1 aliphatic rings. The molecule has 3 aromatic rings. The number of ether oxygens (including phenoxy) is 1. The maximum Gasteiger partial charge on any atom is 0.306 e. The Kier molecular flexibility index (Phi) is 6.41. The standard InChI is InChI=1S/C22H21N3O3S2/c23-12-15-14-6-1-3-8-17(14)30-22(15)25-19(26)13-28-21(27)11-5-10-20-24-16-7-2-4-9-18(16)29-20/h2,4,7,9H,1,3,5-6,8,10-11,13H2,(H,25,26). The van der Waals surface area contributed by atoms with E-state index in [2.05, 4.69) is 16.4 Å². The van der Waals surface area contributed by atoms with Gasteiger partial charge >= 0.3 is 5.97 Å². The number of anilines is 1. The molecule has 0 unspecified atom stereocenters. The molecular weight excluding hydrogens is 418 g/mol. The summed E-state index contributed by atoms with van der Waals surface area (Å²) in [6, 6.07) is 10.2. The molecule has 0 radical (unpaired) electrons. The summed E-state index contributed by atoms with van der Waals surface area (Å²) in [5.41, 5.74) is 2.60. The van der Waals surface area contributed by atoms with Crippen molar-refractivity contribution in [3.05, 3.63) is 45.3 Å². The van der Waals surface area contributed by atoms with Gasteiger partial charge in [-0.15, -0.1) is 22.7 Å². The Bertz CT molecular complexity index is 1090. The lowest BCUT2D eigenvalue weighted by Crippen LogP contribution is -2.20. The first-order valence-corrected chi connectivity index (χ1v) is 11.6. The van der Waals surface area contributed by atoms with E-state index >= 15 is 0 Å². The van der Waals surface area contributed by atoms with Gasteiger partial charge in [0.2, 0.25) is 0 Å². The molecule has 1 N–H and O–H groups in total. The number of hydrogen-bond acceptors (Lipinski definition) is 7. The van der Waals surface area contributed by atoms with Crippen LogP contribution < -0.4 is 5.32 Å². The Hall–Kier alpha value is -2.76.